The van der Waals surface area contributed by atoms with Gasteiger partial charge in [0.1, 0.15) is 5.82 Å². The summed E-state index contributed by atoms with van der Waals surface area (Å²) in [7, 11) is 0. The third-order valence-corrected chi connectivity index (χ3v) is 2.60. The second kappa shape index (κ2) is 4.26. The second-order valence-electron chi connectivity index (χ2n) is 3.91. The van der Waals surface area contributed by atoms with Gasteiger partial charge in [0.15, 0.2) is 0 Å². The number of rotatable bonds is 1. The van der Waals surface area contributed by atoms with Gasteiger partial charge >= 0.3 is 0 Å². The van der Waals surface area contributed by atoms with Crippen LogP contribution in [0.2, 0.25) is 0 Å². The van der Waals surface area contributed by atoms with E-state index >= 15 is 0 Å². The molecule has 2 rings (SSSR count). The number of anilines is 1. The van der Waals surface area contributed by atoms with E-state index in [1.807, 2.05) is 19.1 Å². The summed E-state index contributed by atoms with van der Waals surface area (Å²) in [6.07, 6.45) is 0. The van der Waals surface area contributed by atoms with E-state index in [2.05, 4.69) is 0 Å². The maximum absolute atomic E-state index is 13.4. The van der Waals surface area contributed by atoms with Crippen molar-refractivity contribution in [2.24, 2.45) is 0 Å². The van der Waals surface area contributed by atoms with Crippen LogP contribution in [-0.4, -0.2) is 0 Å². The Bertz CT molecular complexity index is 612. The Kier molecular flexibility index (Phi) is 2.80. The highest BCUT2D eigenvalue weighted by Gasteiger charge is 2.06. The highest BCUT2D eigenvalue weighted by atomic mass is 19.1. The summed E-state index contributed by atoms with van der Waals surface area (Å²) in [5.74, 6) is -0.416. The minimum absolute atomic E-state index is 0.307. The summed E-state index contributed by atoms with van der Waals surface area (Å²) in [5, 5.41) is 8.82. The van der Waals surface area contributed by atoms with Crippen molar-refractivity contribution in [1.29, 1.82) is 5.26 Å². The Hall–Kier alpha value is -2.34. The number of benzene rings is 2. The fraction of sp³-hybridized carbons (Fsp3) is 0.0714. The molecule has 0 bridgehead atoms. The van der Waals surface area contributed by atoms with Crippen LogP contribution in [0, 0.1) is 24.1 Å². The van der Waals surface area contributed by atoms with E-state index in [0.717, 1.165) is 11.1 Å². The molecule has 84 valence electrons. The molecule has 2 aromatic carbocycles. The lowest BCUT2D eigenvalue weighted by Crippen LogP contribution is -1.90. The molecule has 3 heteroatoms. The lowest BCUT2D eigenvalue weighted by molar-refractivity contribution is 0.628. The third-order valence-electron chi connectivity index (χ3n) is 2.60. The van der Waals surface area contributed by atoms with Gasteiger partial charge in [-0.2, -0.15) is 5.26 Å². The first-order valence-corrected chi connectivity index (χ1v) is 5.17. The first kappa shape index (κ1) is 11.2. The van der Waals surface area contributed by atoms with E-state index < -0.39 is 5.82 Å². The topological polar surface area (TPSA) is 49.8 Å². The molecule has 0 aromatic heterocycles. The second-order valence-corrected chi connectivity index (χ2v) is 3.91. The number of halogens is 1. The van der Waals surface area contributed by atoms with E-state index in [9.17, 15) is 4.39 Å². The molecular formula is C14H11FN2. The minimum atomic E-state index is -0.416. The van der Waals surface area contributed by atoms with Crippen LogP contribution in [0.25, 0.3) is 11.1 Å². The zero-order valence-electron chi connectivity index (χ0n) is 9.37. The van der Waals surface area contributed by atoms with Gasteiger partial charge in [-0.3, -0.25) is 0 Å². The van der Waals surface area contributed by atoms with Crippen LogP contribution in [0.15, 0.2) is 36.4 Å². The lowest BCUT2D eigenvalue weighted by Gasteiger charge is -2.08. The highest BCUT2D eigenvalue weighted by Crippen LogP contribution is 2.27. The summed E-state index contributed by atoms with van der Waals surface area (Å²) >= 11 is 0. The quantitative estimate of drug-likeness (QED) is 0.759. The van der Waals surface area contributed by atoms with Crippen molar-refractivity contribution < 1.29 is 4.39 Å². The van der Waals surface area contributed by atoms with Crippen molar-refractivity contribution in [2.45, 2.75) is 6.92 Å². The highest BCUT2D eigenvalue weighted by molar-refractivity contribution is 5.72. The average Bonchev–Trinajstić information content (AvgIpc) is 2.31. The fourth-order valence-corrected chi connectivity index (χ4v) is 1.76. The molecule has 2 N–H and O–H groups in total. The van der Waals surface area contributed by atoms with Crippen LogP contribution in [0.3, 0.4) is 0 Å². The van der Waals surface area contributed by atoms with Crippen molar-refractivity contribution >= 4 is 5.69 Å². The van der Waals surface area contributed by atoms with Crippen LogP contribution >= 0.6 is 0 Å². The van der Waals surface area contributed by atoms with E-state index in [0.29, 0.717) is 16.8 Å². The molecule has 0 aliphatic rings. The lowest BCUT2D eigenvalue weighted by atomic mass is 9.98. The van der Waals surface area contributed by atoms with Gasteiger partial charge in [-0.05, 0) is 53.9 Å². The molecule has 0 saturated carbocycles. The predicted octanol–water partition coefficient (Wildman–Crippen LogP) is 3.26. The Morgan fingerprint density at radius 1 is 1.18 bits per heavy atom. The zero-order chi connectivity index (χ0) is 12.4. The fourth-order valence-electron chi connectivity index (χ4n) is 1.76. The largest absolute Gasteiger partial charge is 0.399 e. The summed E-state index contributed by atoms with van der Waals surface area (Å²) in [6, 6.07) is 11.7. The number of hydrogen-bond acceptors (Lipinski definition) is 2. The normalized spacial score (nSPS) is 9.94. The van der Waals surface area contributed by atoms with Gasteiger partial charge in [-0.1, -0.05) is 6.07 Å². The summed E-state index contributed by atoms with van der Waals surface area (Å²) in [4.78, 5) is 0. The molecule has 0 aliphatic carbocycles. The number of nitrogen functional groups attached to an aromatic ring is 1. The molecule has 2 aromatic rings. The predicted molar refractivity (Wildman–Crippen MR) is 65.7 cm³/mol. The summed E-state index contributed by atoms with van der Waals surface area (Å²) < 4.78 is 13.4. The maximum atomic E-state index is 13.4. The molecule has 0 amide bonds. The molecule has 0 radical (unpaired) electrons. The van der Waals surface area contributed by atoms with Crippen molar-refractivity contribution in [3.8, 4) is 17.2 Å². The van der Waals surface area contributed by atoms with Crippen LogP contribution in [0.4, 0.5) is 10.1 Å². The van der Waals surface area contributed by atoms with Crippen LogP contribution in [-0.2, 0) is 0 Å². The number of nitrogens with zero attached hydrogens (tertiary/aromatic N) is 1. The van der Waals surface area contributed by atoms with Crippen molar-refractivity contribution in [1.82, 2.24) is 0 Å². The zero-order valence-corrected chi connectivity index (χ0v) is 9.37. The molecule has 0 fully saturated rings. The first-order chi connectivity index (χ1) is 8.10. The van der Waals surface area contributed by atoms with Crippen LogP contribution < -0.4 is 5.73 Å². The number of aryl methyl sites for hydroxylation is 1. The van der Waals surface area contributed by atoms with Gasteiger partial charge < -0.3 is 5.73 Å². The van der Waals surface area contributed by atoms with E-state index in [1.54, 1.807) is 18.2 Å². The molecule has 0 spiro atoms. The van der Waals surface area contributed by atoms with Gasteiger partial charge in [-0.25, -0.2) is 4.39 Å². The van der Waals surface area contributed by atoms with Gasteiger partial charge in [-0.15, -0.1) is 0 Å². The smallest absolute Gasteiger partial charge is 0.125 e. The Labute approximate surface area is 99.1 Å². The number of hydrogen-bond donors (Lipinski definition) is 1. The van der Waals surface area contributed by atoms with Gasteiger partial charge in [0.25, 0.3) is 0 Å². The first-order valence-electron chi connectivity index (χ1n) is 5.17. The molecule has 0 atom stereocenters. The molecule has 2 nitrogen and oxygen atoms in total. The Morgan fingerprint density at radius 3 is 2.65 bits per heavy atom. The van der Waals surface area contributed by atoms with Gasteiger partial charge in [0, 0.05) is 5.69 Å². The molecule has 0 aliphatic heterocycles. The number of nitriles is 1. The van der Waals surface area contributed by atoms with Crippen molar-refractivity contribution in [3.63, 3.8) is 0 Å². The van der Waals surface area contributed by atoms with Crippen LogP contribution in [0.5, 0.6) is 0 Å². The summed E-state index contributed by atoms with van der Waals surface area (Å²) in [6.45, 7) is 1.92. The molecule has 0 unspecified atom stereocenters. The Morgan fingerprint density at radius 2 is 1.94 bits per heavy atom. The van der Waals surface area contributed by atoms with E-state index in [-0.39, 0.29) is 0 Å². The van der Waals surface area contributed by atoms with Crippen LogP contribution in [0.1, 0.15) is 11.1 Å². The SMILES string of the molecule is Cc1ccc(N)cc1-c1cc(F)cc(C#N)c1. The van der Waals surface area contributed by atoms with Gasteiger partial charge in [0.2, 0.25) is 0 Å². The minimum Gasteiger partial charge on any atom is -0.399 e. The van der Waals surface area contributed by atoms with Crippen molar-refractivity contribution in [3.05, 3.63) is 53.3 Å². The average molecular weight is 226 g/mol. The van der Waals surface area contributed by atoms with E-state index in [1.165, 1.54) is 12.1 Å². The molecular weight excluding hydrogens is 215 g/mol. The molecule has 17 heavy (non-hydrogen) atoms. The summed E-state index contributed by atoms with van der Waals surface area (Å²) in [5.41, 5.74) is 9.16. The Balaban J connectivity index is 2.64. The van der Waals surface area contributed by atoms with Gasteiger partial charge in [0.05, 0.1) is 11.6 Å². The number of nitrogens with two attached hydrogens (primary N) is 1. The van der Waals surface area contributed by atoms with E-state index in [4.69, 9.17) is 11.0 Å². The monoisotopic (exact) mass is 226 g/mol. The molecule has 0 saturated heterocycles. The standard InChI is InChI=1S/C14H11FN2/c1-9-2-3-13(17)7-14(9)11-4-10(8-16)5-12(15)6-11/h2-7H,17H2,1H3. The van der Waals surface area contributed by atoms with Crippen molar-refractivity contribution in [2.75, 3.05) is 5.73 Å². The molecule has 0 heterocycles. The third kappa shape index (κ3) is 2.26. The maximum Gasteiger partial charge on any atom is 0.125 e.